The zero-order chi connectivity index (χ0) is 11.3. The first-order valence-corrected chi connectivity index (χ1v) is 6.54. The minimum atomic E-state index is -3.30. The summed E-state index contributed by atoms with van der Waals surface area (Å²) in [6.07, 6.45) is 2.02. The molecule has 0 atom stereocenters. The van der Waals surface area contributed by atoms with E-state index in [0.29, 0.717) is 12.7 Å². The van der Waals surface area contributed by atoms with Gasteiger partial charge in [-0.1, -0.05) is 31.5 Å². The minimum Gasteiger partial charge on any atom is -0.298 e. The average Bonchev–Trinajstić information content (AvgIpc) is 2.26. The van der Waals surface area contributed by atoms with Crippen molar-refractivity contribution < 1.29 is 13.2 Å². The van der Waals surface area contributed by atoms with Crippen LogP contribution in [0, 0.1) is 0 Å². The van der Waals surface area contributed by atoms with Crippen molar-refractivity contribution in [2.24, 2.45) is 0 Å². The lowest BCUT2D eigenvalue weighted by atomic mass is 10.2. The van der Waals surface area contributed by atoms with E-state index in [4.69, 9.17) is 0 Å². The van der Waals surface area contributed by atoms with Crippen molar-refractivity contribution in [3.05, 3.63) is 29.8 Å². The van der Waals surface area contributed by atoms with Crippen molar-refractivity contribution in [2.75, 3.05) is 5.75 Å². The van der Waals surface area contributed by atoms with E-state index in [1.807, 2.05) is 6.92 Å². The Balaban J connectivity index is 3.09. The molecule has 4 heteroatoms. The summed E-state index contributed by atoms with van der Waals surface area (Å²) in [5.41, 5.74) is 0.244. The van der Waals surface area contributed by atoms with Crippen LogP contribution in [0.3, 0.4) is 0 Å². The second kappa shape index (κ2) is 5.07. The standard InChI is InChI=1S/C11H14O3S/c1-2-3-8-15(13,14)11-7-5-4-6-10(11)9-12/h4-7,9H,2-3,8H2,1H3. The molecule has 0 heterocycles. The zero-order valence-corrected chi connectivity index (χ0v) is 9.46. The highest BCUT2D eigenvalue weighted by Gasteiger charge is 2.16. The third-order valence-corrected chi connectivity index (χ3v) is 4.02. The largest absolute Gasteiger partial charge is 0.298 e. The molecule has 0 N–H and O–H groups in total. The van der Waals surface area contributed by atoms with E-state index in [1.165, 1.54) is 12.1 Å². The fourth-order valence-electron chi connectivity index (χ4n) is 1.31. The molecule has 0 aliphatic rings. The van der Waals surface area contributed by atoms with Crippen molar-refractivity contribution in [2.45, 2.75) is 24.7 Å². The van der Waals surface area contributed by atoms with Crippen LogP contribution in [-0.2, 0) is 9.84 Å². The Hall–Kier alpha value is -1.16. The molecule has 15 heavy (non-hydrogen) atoms. The smallest absolute Gasteiger partial charge is 0.179 e. The number of carbonyl (C=O) groups excluding carboxylic acids is 1. The van der Waals surface area contributed by atoms with Gasteiger partial charge in [-0.3, -0.25) is 4.79 Å². The first kappa shape index (κ1) is 11.9. The Morgan fingerprint density at radius 2 is 1.93 bits per heavy atom. The molecule has 0 aromatic heterocycles. The number of aldehydes is 1. The fourth-order valence-corrected chi connectivity index (χ4v) is 2.96. The average molecular weight is 226 g/mol. The molecular weight excluding hydrogens is 212 g/mol. The Labute approximate surface area is 90.0 Å². The van der Waals surface area contributed by atoms with Crippen LogP contribution < -0.4 is 0 Å². The number of carbonyl (C=O) groups is 1. The van der Waals surface area contributed by atoms with E-state index in [1.54, 1.807) is 12.1 Å². The third-order valence-electron chi connectivity index (χ3n) is 2.15. The second-order valence-electron chi connectivity index (χ2n) is 3.33. The number of rotatable bonds is 5. The number of sulfone groups is 1. The van der Waals surface area contributed by atoms with E-state index in [2.05, 4.69) is 0 Å². The molecule has 0 unspecified atom stereocenters. The van der Waals surface area contributed by atoms with Gasteiger partial charge in [-0.25, -0.2) is 8.42 Å². The molecule has 82 valence electrons. The van der Waals surface area contributed by atoms with Crippen LogP contribution in [0.2, 0.25) is 0 Å². The molecule has 0 amide bonds. The van der Waals surface area contributed by atoms with Gasteiger partial charge in [-0.2, -0.15) is 0 Å². The highest BCUT2D eigenvalue weighted by atomic mass is 32.2. The maximum Gasteiger partial charge on any atom is 0.179 e. The van der Waals surface area contributed by atoms with Gasteiger partial charge >= 0.3 is 0 Å². The monoisotopic (exact) mass is 226 g/mol. The van der Waals surface area contributed by atoms with Crippen LogP contribution in [0.4, 0.5) is 0 Å². The van der Waals surface area contributed by atoms with Gasteiger partial charge in [0.1, 0.15) is 0 Å². The summed E-state index contributed by atoms with van der Waals surface area (Å²) in [4.78, 5) is 10.8. The fraction of sp³-hybridized carbons (Fsp3) is 0.364. The highest BCUT2D eigenvalue weighted by Crippen LogP contribution is 2.16. The van der Waals surface area contributed by atoms with Gasteiger partial charge < -0.3 is 0 Å². The molecule has 0 radical (unpaired) electrons. The zero-order valence-electron chi connectivity index (χ0n) is 8.64. The Kier molecular flexibility index (Phi) is 4.03. The molecule has 1 aromatic carbocycles. The van der Waals surface area contributed by atoms with Gasteiger partial charge in [0.05, 0.1) is 10.6 Å². The summed E-state index contributed by atoms with van der Waals surface area (Å²) in [5, 5.41) is 0. The maximum absolute atomic E-state index is 11.8. The molecule has 0 bridgehead atoms. The van der Waals surface area contributed by atoms with Gasteiger partial charge in [-0.15, -0.1) is 0 Å². The molecule has 0 fully saturated rings. The van der Waals surface area contributed by atoms with Crippen LogP contribution in [-0.4, -0.2) is 20.5 Å². The van der Waals surface area contributed by atoms with Crippen LogP contribution in [0.25, 0.3) is 0 Å². The predicted molar refractivity (Wildman–Crippen MR) is 58.8 cm³/mol. The Morgan fingerprint density at radius 1 is 1.27 bits per heavy atom. The van der Waals surface area contributed by atoms with Crippen LogP contribution in [0.1, 0.15) is 30.1 Å². The quantitative estimate of drug-likeness (QED) is 0.722. The third kappa shape index (κ3) is 2.89. The summed E-state index contributed by atoms with van der Waals surface area (Å²) in [6, 6.07) is 6.29. The first-order chi connectivity index (χ1) is 7.11. The van der Waals surface area contributed by atoms with Gasteiger partial charge in [0.15, 0.2) is 16.1 Å². The molecule has 1 rings (SSSR count). The number of hydrogen-bond donors (Lipinski definition) is 0. The van der Waals surface area contributed by atoms with Gasteiger partial charge in [0.2, 0.25) is 0 Å². The van der Waals surface area contributed by atoms with Crippen LogP contribution in [0.15, 0.2) is 29.2 Å². The topological polar surface area (TPSA) is 51.2 Å². The van der Waals surface area contributed by atoms with Crippen molar-refractivity contribution in [1.29, 1.82) is 0 Å². The summed E-state index contributed by atoms with van der Waals surface area (Å²) in [5.74, 6) is 0.106. The van der Waals surface area contributed by atoms with E-state index < -0.39 is 9.84 Å². The molecule has 0 aliphatic carbocycles. The van der Waals surface area contributed by atoms with Crippen molar-refractivity contribution in [3.63, 3.8) is 0 Å². The van der Waals surface area contributed by atoms with E-state index >= 15 is 0 Å². The number of unbranched alkanes of at least 4 members (excludes halogenated alkanes) is 1. The molecule has 0 spiro atoms. The molecule has 0 saturated carbocycles. The van der Waals surface area contributed by atoms with E-state index in [9.17, 15) is 13.2 Å². The summed E-state index contributed by atoms with van der Waals surface area (Å²) < 4.78 is 23.6. The molecule has 0 saturated heterocycles. The van der Waals surface area contributed by atoms with E-state index in [0.717, 1.165) is 6.42 Å². The molecule has 3 nitrogen and oxygen atoms in total. The molecular formula is C11H14O3S. The maximum atomic E-state index is 11.8. The lowest BCUT2D eigenvalue weighted by Crippen LogP contribution is -2.09. The highest BCUT2D eigenvalue weighted by molar-refractivity contribution is 7.91. The summed E-state index contributed by atoms with van der Waals surface area (Å²) in [7, 11) is -3.30. The summed E-state index contributed by atoms with van der Waals surface area (Å²) in [6.45, 7) is 1.93. The second-order valence-corrected chi connectivity index (χ2v) is 5.41. The van der Waals surface area contributed by atoms with Crippen LogP contribution >= 0.6 is 0 Å². The number of benzene rings is 1. The first-order valence-electron chi connectivity index (χ1n) is 4.88. The lowest BCUT2D eigenvalue weighted by Gasteiger charge is -2.05. The van der Waals surface area contributed by atoms with Crippen molar-refractivity contribution >= 4 is 16.1 Å². The summed E-state index contributed by atoms with van der Waals surface area (Å²) >= 11 is 0. The Bertz CT molecular complexity index is 435. The van der Waals surface area contributed by atoms with Gasteiger partial charge in [0, 0.05) is 5.56 Å². The van der Waals surface area contributed by atoms with Crippen molar-refractivity contribution in [3.8, 4) is 0 Å². The normalized spacial score (nSPS) is 11.3. The Morgan fingerprint density at radius 3 is 2.53 bits per heavy atom. The number of hydrogen-bond acceptors (Lipinski definition) is 3. The van der Waals surface area contributed by atoms with Crippen LogP contribution in [0.5, 0.6) is 0 Å². The molecule has 0 aliphatic heterocycles. The van der Waals surface area contributed by atoms with Crippen molar-refractivity contribution in [1.82, 2.24) is 0 Å². The predicted octanol–water partition coefficient (Wildman–Crippen LogP) is 2.07. The van der Waals surface area contributed by atoms with E-state index in [-0.39, 0.29) is 16.2 Å². The SMILES string of the molecule is CCCCS(=O)(=O)c1ccccc1C=O. The van der Waals surface area contributed by atoms with Gasteiger partial charge in [0.25, 0.3) is 0 Å². The lowest BCUT2D eigenvalue weighted by molar-refractivity contribution is 0.112. The van der Waals surface area contributed by atoms with Gasteiger partial charge in [-0.05, 0) is 12.5 Å². The minimum absolute atomic E-state index is 0.106. The molecule has 1 aromatic rings.